The van der Waals surface area contributed by atoms with Crippen molar-refractivity contribution in [3.8, 4) is 0 Å². The number of carbonyl (C=O) groups excluding carboxylic acids is 2. The molecule has 4 unspecified atom stereocenters. The monoisotopic (exact) mass is 404 g/mol. The van der Waals surface area contributed by atoms with Crippen molar-refractivity contribution < 1.29 is 33.4 Å². The highest BCUT2D eigenvalue weighted by atomic mass is 19.3. The van der Waals surface area contributed by atoms with E-state index in [4.69, 9.17) is 5.11 Å². The van der Waals surface area contributed by atoms with Crippen molar-refractivity contribution in [2.24, 2.45) is 17.8 Å². The number of ketones is 2. The van der Waals surface area contributed by atoms with Crippen molar-refractivity contribution in [2.45, 2.75) is 96.5 Å². The second kappa shape index (κ2) is 11.6. The second-order valence-electron chi connectivity index (χ2n) is 8.24. The lowest BCUT2D eigenvalue weighted by Gasteiger charge is -2.23. The van der Waals surface area contributed by atoms with E-state index in [1.54, 1.807) is 13.8 Å². The molecular formula is C21H34F2O5. The summed E-state index contributed by atoms with van der Waals surface area (Å²) in [5.74, 6) is -6.45. The topological polar surface area (TPSA) is 91.7 Å². The van der Waals surface area contributed by atoms with Crippen LogP contribution in [-0.4, -0.2) is 39.8 Å². The van der Waals surface area contributed by atoms with Crippen LogP contribution in [0.1, 0.15) is 84.5 Å². The van der Waals surface area contributed by atoms with Gasteiger partial charge in [0, 0.05) is 31.6 Å². The maximum Gasteiger partial charge on any atom is 0.305 e. The van der Waals surface area contributed by atoms with Crippen LogP contribution < -0.4 is 0 Å². The third kappa shape index (κ3) is 7.94. The van der Waals surface area contributed by atoms with Gasteiger partial charge in [0.15, 0.2) is 0 Å². The molecule has 0 aliphatic heterocycles. The Bertz CT molecular complexity index is 535. The van der Waals surface area contributed by atoms with Gasteiger partial charge in [0.25, 0.3) is 0 Å². The Morgan fingerprint density at radius 3 is 2.39 bits per heavy atom. The maximum atomic E-state index is 14.1. The number of alkyl halides is 2. The predicted octanol–water partition coefficient (Wildman–Crippen LogP) is 4.40. The Labute approximate surface area is 165 Å². The molecule has 1 fully saturated rings. The molecule has 1 rings (SSSR count). The number of rotatable bonds is 14. The molecule has 0 amide bonds. The Kier molecular flexibility index (Phi) is 10.2. The van der Waals surface area contributed by atoms with Crippen LogP contribution in [0.4, 0.5) is 8.78 Å². The van der Waals surface area contributed by atoms with Crippen LogP contribution in [0.5, 0.6) is 0 Å². The number of hydrogen-bond donors (Lipinski definition) is 2. The molecule has 0 saturated heterocycles. The van der Waals surface area contributed by atoms with E-state index >= 15 is 0 Å². The van der Waals surface area contributed by atoms with Crippen LogP contribution in [0.3, 0.4) is 0 Å². The van der Waals surface area contributed by atoms with E-state index in [1.807, 2.05) is 0 Å². The summed E-state index contributed by atoms with van der Waals surface area (Å²) in [5.41, 5.74) is 0. The van der Waals surface area contributed by atoms with E-state index in [-0.39, 0.29) is 37.4 Å². The summed E-state index contributed by atoms with van der Waals surface area (Å²) in [6, 6.07) is 0. The molecule has 2 N–H and O–H groups in total. The highest BCUT2D eigenvalue weighted by molar-refractivity contribution is 5.86. The standard InChI is InChI=1S/C21H34F2O5/c1-3-14(2)13-21(22,23)19(26)11-10-16-15(17(24)12-18(16)25)8-6-4-5-7-9-20(27)28/h14-16,18,25H,3-13H2,1-2H3,(H,27,28). The van der Waals surface area contributed by atoms with Gasteiger partial charge in [0.1, 0.15) is 5.78 Å². The summed E-state index contributed by atoms with van der Waals surface area (Å²) < 4.78 is 28.1. The lowest BCUT2D eigenvalue weighted by Crippen LogP contribution is -2.32. The molecule has 0 heterocycles. The van der Waals surface area contributed by atoms with Crippen molar-refractivity contribution in [2.75, 3.05) is 0 Å². The van der Waals surface area contributed by atoms with Crippen LogP contribution in [0.25, 0.3) is 0 Å². The molecule has 1 aliphatic rings. The fourth-order valence-corrected chi connectivity index (χ4v) is 3.95. The first-order chi connectivity index (χ1) is 13.1. The zero-order chi connectivity index (χ0) is 21.3. The molecule has 7 heteroatoms. The maximum absolute atomic E-state index is 14.1. The third-order valence-corrected chi connectivity index (χ3v) is 5.91. The van der Waals surface area contributed by atoms with Gasteiger partial charge < -0.3 is 10.2 Å². The van der Waals surface area contributed by atoms with E-state index in [1.165, 1.54) is 0 Å². The SMILES string of the molecule is CCC(C)CC(F)(F)C(=O)CCC1C(O)CC(=O)C1CCCCCCC(=O)O. The normalized spacial score (nSPS) is 23.8. The minimum atomic E-state index is -3.36. The second-order valence-corrected chi connectivity index (χ2v) is 8.24. The molecule has 162 valence electrons. The number of unbranched alkanes of at least 4 members (excludes halogenated alkanes) is 3. The van der Waals surface area contributed by atoms with Crippen LogP contribution in [0.15, 0.2) is 0 Å². The number of carboxylic acids is 1. The molecular weight excluding hydrogens is 370 g/mol. The number of aliphatic hydroxyl groups excluding tert-OH is 1. The van der Waals surface area contributed by atoms with Crippen molar-refractivity contribution in [1.29, 1.82) is 0 Å². The molecule has 1 saturated carbocycles. The number of Topliss-reactive ketones (excluding diaryl/α,β-unsaturated/α-hetero) is 2. The predicted molar refractivity (Wildman–Crippen MR) is 101 cm³/mol. The smallest absolute Gasteiger partial charge is 0.305 e. The van der Waals surface area contributed by atoms with Gasteiger partial charge in [-0.2, -0.15) is 8.78 Å². The van der Waals surface area contributed by atoms with Gasteiger partial charge in [-0.05, 0) is 31.1 Å². The molecule has 5 nitrogen and oxygen atoms in total. The quantitative estimate of drug-likeness (QED) is 0.419. The molecule has 0 aromatic rings. The summed E-state index contributed by atoms with van der Waals surface area (Å²) in [4.78, 5) is 34.6. The van der Waals surface area contributed by atoms with Gasteiger partial charge in [0.2, 0.25) is 5.78 Å². The Morgan fingerprint density at radius 1 is 1.14 bits per heavy atom. The number of aliphatic hydroxyl groups is 1. The van der Waals surface area contributed by atoms with Gasteiger partial charge in [-0.3, -0.25) is 14.4 Å². The van der Waals surface area contributed by atoms with E-state index in [2.05, 4.69) is 0 Å². The Morgan fingerprint density at radius 2 is 1.79 bits per heavy atom. The minimum absolute atomic E-state index is 0.0196. The summed E-state index contributed by atoms with van der Waals surface area (Å²) in [5, 5.41) is 18.8. The number of aliphatic carboxylic acids is 1. The molecule has 28 heavy (non-hydrogen) atoms. The minimum Gasteiger partial charge on any atom is -0.481 e. The largest absolute Gasteiger partial charge is 0.481 e. The van der Waals surface area contributed by atoms with E-state index in [0.29, 0.717) is 19.3 Å². The Hall–Kier alpha value is -1.37. The molecule has 0 radical (unpaired) electrons. The van der Waals surface area contributed by atoms with Gasteiger partial charge >= 0.3 is 11.9 Å². The highest BCUT2D eigenvalue weighted by Gasteiger charge is 2.43. The summed E-state index contributed by atoms with van der Waals surface area (Å²) in [7, 11) is 0. The molecule has 0 bridgehead atoms. The Balaban J connectivity index is 2.49. The average Bonchev–Trinajstić information content (AvgIpc) is 2.87. The van der Waals surface area contributed by atoms with Gasteiger partial charge in [-0.25, -0.2) is 0 Å². The van der Waals surface area contributed by atoms with Crippen molar-refractivity contribution in [3.05, 3.63) is 0 Å². The van der Waals surface area contributed by atoms with Crippen LogP contribution in [0.2, 0.25) is 0 Å². The summed E-state index contributed by atoms with van der Waals surface area (Å²) in [6.07, 6.45) is 2.54. The third-order valence-electron chi connectivity index (χ3n) is 5.91. The number of halogens is 2. The highest BCUT2D eigenvalue weighted by Crippen LogP contribution is 2.37. The van der Waals surface area contributed by atoms with Crippen LogP contribution in [0, 0.1) is 17.8 Å². The molecule has 4 atom stereocenters. The van der Waals surface area contributed by atoms with Crippen LogP contribution >= 0.6 is 0 Å². The van der Waals surface area contributed by atoms with E-state index in [0.717, 1.165) is 19.3 Å². The zero-order valence-corrected chi connectivity index (χ0v) is 17.0. The van der Waals surface area contributed by atoms with E-state index in [9.17, 15) is 28.3 Å². The van der Waals surface area contributed by atoms with Gasteiger partial charge in [-0.15, -0.1) is 0 Å². The molecule has 0 spiro atoms. The van der Waals surface area contributed by atoms with Gasteiger partial charge in [-0.1, -0.05) is 39.5 Å². The van der Waals surface area contributed by atoms with Crippen molar-refractivity contribution in [3.63, 3.8) is 0 Å². The van der Waals surface area contributed by atoms with Gasteiger partial charge in [0.05, 0.1) is 6.10 Å². The summed E-state index contributed by atoms with van der Waals surface area (Å²) in [6.45, 7) is 3.49. The zero-order valence-electron chi connectivity index (χ0n) is 17.0. The fraction of sp³-hybridized carbons (Fsp3) is 0.857. The van der Waals surface area contributed by atoms with Crippen molar-refractivity contribution in [1.82, 2.24) is 0 Å². The lowest BCUT2D eigenvalue weighted by atomic mass is 9.84. The number of hydrogen-bond acceptors (Lipinski definition) is 4. The van der Waals surface area contributed by atoms with E-state index < -0.39 is 42.0 Å². The first kappa shape index (κ1) is 24.7. The number of carbonyl (C=O) groups is 3. The first-order valence-corrected chi connectivity index (χ1v) is 10.4. The lowest BCUT2D eigenvalue weighted by molar-refractivity contribution is -0.146. The van der Waals surface area contributed by atoms with Crippen molar-refractivity contribution >= 4 is 17.5 Å². The van der Waals surface area contributed by atoms with Crippen LogP contribution in [-0.2, 0) is 14.4 Å². The first-order valence-electron chi connectivity index (χ1n) is 10.4. The molecule has 0 aromatic carbocycles. The number of carboxylic acid groups (broad SMARTS) is 1. The average molecular weight is 404 g/mol. The summed E-state index contributed by atoms with van der Waals surface area (Å²) >= 11 is 0. The molecule has 1 aliphatic carbocycles. The fourth-order valence-electron chi connectivity index (χ4n) is 3.95. The molecule has 0 aromatic heterocycles.